The molecule has 8 aromatic rings. The minimum absolute atomic E-state index is 0.805. The van der Waals surface area contributed by atoms with Crippen LogP contribution in [0, 0.1) is 0 Å². The van der Waals surface area contributed by atoms with Crippen LogP contribution in [0.25, 0.3) is 67.7 Å². The summed E-state index contributed by atoms with van der Waals surface area (Å²) in [6.45, 7) is 0. The Labute approximate surface area is 289 Å². The summed E-state index contributed by atoms with van der Waals surface area (Å²) >= 11 is 0. The maximum atomic E-state index is 4.79. The second kappa shape index (κ2) is 11.5. The molecule has 2 aliphatic rings. The number of hydrogen-bond donors (Lipinski definition) is 0. The molecule has 0 fully saturated rings. The van der Waals surface area contributed by atoms with Crippen LogP contribution >= 0.6 is 0 Å². The van der Waals surface area contributed by atoms with Crippen molar-refractivity contribution in [3.63, 3.8) is 0 Å². The van der Waals surface area contributed by atoms with E-state index in [1.54, 1.807) is 0 Å². The highest BCUT2D eigenvalue weighted by Gasteiger charge is 2.29. The van der Waals surface area contributed by atoms with Crippen LogP contribution in [0.1, 0.15) is 22.3 Å². The van der Waals surface area contributed by atoms with Gasteiger partial charge in [-0.2, -0.15) is 0 Å². The summed E-state index contributed by atoms with van der Waals surface area (Å²) in [5.74, 6) is 3.30. The van der Waals surface area contributed by atoms with E-state index < -0.39 is 0 Å². The number of rotatable bonds is 6. The van der Waals surface area contributed by atoms with Crippen LogP contribution in [-0.2, 0) is 12.8 Å². The Balaban J connectivity index is 1.19. The van der Waals surface area contributed by atoms with Gasteiger partial charge in [0, 0.05) is 33.4 Å². The molecule has 10 rings (SSSR count). The fraction of sp³-hybridized carbons (Fsp3) is 0.0455. The summed E-state index contributed by atoms with van der Waals surface area (Å²) in [5.41, 5.74) is 11.3. The number of nitrogens with zero attached hydrogens (tertiary/aromatic N) is 6. The monoisotopic (exact) mass is 642 g/mol. The molecule has 0 aliphatic heterocycles. The van der Waals surface area contributed by atoms with E-state index in [0.717, 1.165) is 69.8 Å². The van der Waals surface area contributed by atoms with Gasteiger partial charge in [0.05, 0.1) is 11.4 Å². The lowest BCUT2D eigenvalue weighted by Gasteiger charge is -2.27. The summed E-state index contributed by atoms with van der Waals surface area (Å²) in [5, 5.41) is 21.7. The average Bonchev–Trinajstić information content (AvgIpc) is 3.84. The number of benzene rings is 6. The molecule has 0 saturated heterocycles. The molecule has 6 nitrogen and oxygen atoms in total. The molecule has 0 spiro atoms. The number of aromatic nitrogens is 6. The van der Waals surface area contributed by atoms with E-state index in [4.69, 9.17) is 20.4 Å². The Hall–Kier alpha value is -6.66. The standard InChI is InChI=1S/C44H30N6/c1-5-13-31(14-6-1)41-45-46-42(32-15-7-2-8-16-32)49(41)37-27-23-29-22-26-36-38(28-24-30-21-25-35(37)39(29)40(30)36)50-43(33-17-9-3-10-18-33)47-48-44(50)34-19-11-4-12-20-34/h1-22,25-28H,23-24H2. The number of allylic oxidation sites excluding steroid dienone is 2. The lowest BCUT2D eigenvalue weighted by atomic mass is 9.82. The Morgan fingerprint density at radius 3 is 0.940 bits per heavy atom. The molecule has 2 aromatic heterocycles. The van der Waals surface area contributed by atoms with E-state index in [2.05, 4.69) is 143 Å². The second-order valence-electron chi connectivity index (χ2n) is 12.7. The fourth-order valence-corrected chi connectivity index (χ4v) is 7.58. The molecule has 0 bridgehead atoms. The SMILES string of the molecule is C1=C(n2c(-c3ccccc3)nnc2-c2ccccc2)c2ccc3c4c(ccc(c24)C1)C(n1c(-c2ccccc2)nnc1-c1ccccc1)=CC3. The van der Waals surface area contributed by atoms with Crippen molar-refractivity contribution in [2.75, 3.05) is 0 Å². The molecule has 236 valence electrons. The lowest BCUT2D eigenvalue weighted by Crippen LogP contribution is -2.13. The van der Waals surface area contributed by atoms with Crippen molar-refractivity contribution in [2.24, 2.45) is 0 Å². The van der Waals surface area contributed by atoms with E-state index in [-0.39, 0.29) is 0 Å². The molecule has 0 radical (unpaired) electrons. The molecule has 0 unspecified atom stereocenters. The van der Waals surface area contributed by atoms with Gasteiger partial charge in [-0.1, -0.05) is 158 Å². The van der Waals surface area contributed by atoms with Crippen molar-refractivity contribution in [3.8, 4) is 45.6 Å². The first kappa shape index (κ1) is 28.4. The van der Waals surface area contributed by atoms with Crippen molar-refractivity contribution in [3.05, 3.63) is 180 Å². The van der Waals surface area contributed by atoms with Crippen molar-refractivity contribution in [2.45, 2.75) is 12.8 Å². The molecule has 0 amide bonds. The summed E-state index contributed by atoms with van der Waals surface area (Å²) < 4.78 is 4.50. The third-order valence-electron chi connectivity index (χ3n) is 9.85. The molecule has 0 saturated carbocycles. The van der Waals surface area contributed by atoms with E-state index in [0.29, 0.717) is 0 Å². The van der Waals surface area contributed by atoms with Crippen molar-refractivity contribution in [1.29, 1.82) is 0 Å². The van der Waals surface area contributed by atoms with Gasteiger partial charge in [-0.05, 0) is 34.7 Å². The van der Waals surface area contributed by atoms with Gasteiger partial charge in [0.15, 0.2) is 23.3 Å². The topological polar surface area (TPSA) is 61.4 Å². The molecule has 6 heteroatoms. The summed E-state index contributed by atoms with van der Waals surface area (Å²) in [7, 11) is 0. The van der Waals surface area contributed by atoms with Crippen LogP contribution in [0.2, 0.25) is 0 Å². The first-order chi connectivity index (χ1) is 24.8. The van der Waals surface area contributed by atoms with E-state index in [9.17, 15) is 0 Å². The van der Waals surface area contributed by atoms with Crippen LogP contribution in [0.15, 0.2) is 158 Å². The zero-order valence-corrected chi connectivity index (χ0v) is 27.1. The maximum absolute atomic E-state index is 4.79. The third kappa shape index (κ3) is 4.42. The molecule has 2 heterocycles. The van der Waals surface area contributed by atoms with Crippen LogP contribution in [0.4, 0.5) is 0 Å². The Morgan fingerprint density at radius 2 is 0.640 bits per heavy atom. The Kier molecular flexibility index (Phi) is 6.52. The number of hydrogen-bond acceptors (Lipinski definition) is 4. The van der Waals surface area contributed by atoms with Gasteiger partial charge in [0.2, 0.25) is 0 Å². The highest BCUT2D eigenvalue weighted by molar-refractivity contribution is 6.07. The largest absolute Gasteiger partial charge is 0.275 e. The zero-order valence-electron chi connectivity index (χ0n) is 27.1. The van der Waals surface area contributed by atoms with E-state index in [1.807, 2.05) is 24.3 Å². The van der Waals surface area contributed by atoms with E-state index in [1.165, 1.54) is 33.0 Å². The average molecular weight is 643 g/mol. The molecule has 6 aromatic carbocycles. The highest BCUT2D eigenvalue weighted by atomic mass is 15.3. The molecule has 50 heavy (non-hydrogen) atoms. The summed E-state index contributed by atoms with van der Waals surface area (Å²) in [6, 6.07) is 50.6. The van der Waals surface area contributed by atoms with E-state index >= 15 is 0 Å². The van der Waals surface area contributed by atoms with Crippen LogP contribution < -0.4 is 0 Å². The van der Waals surface area contributed by atoms with Gasteiger partial charge < -0.3 is 0 Å². The lowest BCUT2D eigenvalue weighted by molar-refractivity contribution is 1.07. The molecular weight excluding hydrogens is 613 g/mol. The van der Waals surface area contributed by atoms with Crippen molar-refractivity contribution < 1.29 is 0 Å². The van der Waals surface area contributed by atoms with Crippen molar-refractivity contribution >= 4 is 22.2 Å². The van der Waals surface area contributed by atoms with Crippen LogP contribution in [-0.4, -0.2) is 29.5 Å². The Bertz CT molecular complexity index is 2320. The van der Waals surface area contributed by atoms with Gasteiger partial charge in [0.25, 0.3) is 0 Å². The van der Waals surface area contributed by atoms with Gasteiger partial charge in [-0.25, -0.2) is 0 Å². The second-order valence-corrected chi connectivity index (χ2v) is 12.7. The molecule has 0 atom stereocenters. The third-order valence-corrected chi connectivity index (χ3v) is 9.85. The Morgan fingerprint density at radius 1 is 0.340 bits per heavy atom. The van der Waals surface area contributed by atoms with Crippen molar-refractivity contribution in [1.82, 2.24) is 29.5 Å². The van der Waals surface area contributed by atoms with Gasteiger partial charge >= 0.3 is 0 Å². The predicted octanol–water partition coefficient (Wildman–Crippen LogP) is 9.58. The summed E-state index contributed by atoms with van der Waals surface area (Å²) in [6.07, 6.45) is 6.28. The summed E-state index contributed by atoms with van der Waals surface area (Å²) in [4.78, 5) is 0. The molecular formula is C44H30N6. The fourth-order valence-electron chi connectivity index (χ4n) is 7.58. The smallest absolute Gasteiger partial charge is 0.168 e. The molecule has 2 aliphatic carbocycles. The van der Waals surface area contributed by atoms with Gasteiger partial charge in [-0.15, -0.1) is 20.4 Å². The minimum Gasteiger partial charge on any atom is -0.275 e. The van der Waals surface area contributed by atoms with Gasteiger partial charge in [0.1, 0.15) is 0 Å². The minimum atomic E-state index is 0.805. The zero-order chi connectivity index (χ0) is 33.0. The van der Waals surface area contributed by atoms with Crippen LogP contribution in [0.5, 0.6) is 0 Å². The maximum Gasteiger partial charge on any atom is 0.168 e. The molecule has 0 N–H and O–H groups in total. The van der Waals surface area contributed by atoms with Gasteiger partial charge in [-0.3, -0.25) is 9.13 Å². The normalized spacial score (nSPS) is 13.3. The van der Waals surface area contributed by atoms with Crippen LogP contribution in [0.3, 0.4) is 0 Å². The predicted molar refractivity (Wildman–Crippen MR) is 200 cm³/mol. The quantitative estimate of drug-likeness (QED) is 0.181. The first-order valence-electron chi connectivity index (χ1n) is 17.0. The first-order valence-corrected chi connectivity index (χ1v) is 17.0. The highest BCUT2D eigenvalue weighted by Crippen LogP contribution is 2.45.